The van der Waals surface area contributed by atoms with Crippen LogP contribution in [-0.2, 0) is 11.3 Å². The molecular formula is C33H39N3O4. The van der Waals surface area contributed by atoms with E-state index in [1.807, 2.05) is 61.6 Å². The van der Waals surface area contributed by atoms with Crippen molar-refractivity contribution in [2.75, 3.05) is 39.9 Å². The Balaban J connectivity index is 0.000000461. The molecule has 4 aromatic rings. The number of carbonyl (C=O) groups is 2. The molecule has 5 rings (SSSR count). The summed E-state index contributed by atoms with van der Waals surface area (Å²) < 4.78 is 5.47. The minimum atomic E-state index is -0.168. The molecule has 0 saturated heterocycles. The first-order valence-corrected chi connectivity index (χ1v) is 13.8. The van der Waals surface area contributed by atoms with Gasteiger partial charge in [-0.2, -0.15) is 0 Å². The minimum Gasteiger partial charge on any atom is -0.491 e. The number of fused-ring (bicyclic) bond motifs is 1. The third-order valence-electron chi connectivity index (χ3n) is 6.91. The lowest BCUT2D eigenvalue weighted by Crippen LogP contribution is -2.38. The second kappa shape index (κ2) is 14.4. The first-order valence-electron chi connectivity index (χ1n) is 13.8. The zero-order valence-corrected chi connectivity index (χ0v) is 23.4. The summed E-state index contributed by atoms with van der Waals surface area (Å²) in [6.07, 6.45) is 3.25. The van der Waals surface area contributed by atoms with Gasteiger partial charge >= 0.3 is 0 Å². The van der Waals surface area contributed by atoms with Crippen LogP contribution in [0, 0.1) is 6.92 Å². The molecule has 0 aliphatic heterocycles. The summed E-state index contributed by atoms with van der Waals surface area (Å²) in [5, 5.41) is 9.96. The predicted octanol–water partition coefficient (Wildman–Crippen LogP) is 5.18. The maximum absolute atomic E-state index is 13.1. The van der Waals surface area contributed by atoms with Gasteiger partial charge in [0, 0.05) is 30.5 Å². The number of benzene rings is 3. The Kier molecular flexibility index (Phi) is 10.5. The molecule has 0 spiro atoms. The average Bonchev–Trinajstić information content (AvgIpc) is 3.73. The van der Waals surface area contributed by atoms with Gasteiger partial charge in [-0.25, -0.2) is 0 Å². The predicted molar refractivity (Wildman–Crippen MR) is 159 cm³/mol. The molecular weight excluding hydrogens is 502 g/mol. The van der Waals surface area contributed by atoms with Crippen LogP contribution < -0.4 is 4.74 Å². The molecule has 0 bridgehead atoms. The van der Waals surface area contributed by atoms with Gasteiger partial charge in [-0.05, 0) is 74.2 Å². The van der Waals surface area contributed by atoms with E-state index in [1.165, 1.54) is 24.0 Å². The topological polar surface area (TPSA) is 85.9 Å². The normalized spacial score (nSPS) is 12.6. The van der Waals surface area contributed by atoms with E-state index in [2.05, 4.69) is 41.1 Å². The average molecular weight is 542 g/mol. The van der Waals surface area contributed by atoms with Crippen molar-refractivity contribution in [2.45, 2.75) is 32.2 Å². The van der Waals surface area contributed by atoms with Gasteiger partial charge in [0.05, 0.1) is 13.2 Å². The van der Waals surface area contributed by atoms with Crippen LogP contribution in [-0.4, -0.2) is 72.0 Å². The van der Waals surface area contributed by atoms with E-state index >= 15 is 0 Å². The number of hydrogen-bond acceptors (Lipinski definition) is 5. The quantitative estimate of drug-likeness (QED) is 0.241. The van der Waals surface area contributed by atoms with Crippen LogP contribution in [0.4, 0.5) is 0 Å². The lowest BCUT2D eigenvalue weighted by atomic mass is 10.1. The minimum absolute atomic E-state index is 0.0250. The van der Waals surface area contributed by atoms with E-state index in [4.69, 9.17) is 9.84 Å². The van der Waals surface area contributed by atoms with Gasteiger partial charge in [-0.3, -0.25) is 4.79 Å². The maximum atomic E-state index is 13.1. The Morgan fingerprint density at radius 3 is 2.50 bits per heavy atom. The zero-order valence-electron chi connectivity index (χ0n) is 23.4. The van der Waals surface area contributed by atoms with Crippen molar-refractivity contribution < 1.29 is 19.4 Å². The number of nitrogens with one attached hydrogen (secondary N) is 1. The van der Waals surface area contributed by atoms with Crippen molar-refractivity contribution in [3.05, 3.63) is 101 Å². The number of aromatic nitrogens is 1. The number of nitrogens with zero attached hydrogens (tertiary/aromatic N) is 2. The first-order chi connectivity index (χ1) is 19.5. The number of likely N-dealkylation sites (N-methyl/N-ethyl adjacent to an activating group) is 1. The zero-order chi connectivity index (χ0) is 28.3. The summed E-state index contributed by atoms with van der Waals surface area (Å²) in [6, 6.07) is 26.2. The lowest BCUT2D eigenvalue weighted by Gasteiger charge is -2.24. The lowest BCUT2D eigenvalue weighted by molar-refractivity contribution is -0.108. The van der Waals surface area contributed by atoms with Crippen LogP contribution in [0.3, 0.4) is 0 Å². The van der Waals surface area contributed by atoms with Gasteiger partial charge in [0.15, 0.2) is 0 Å². The number of aromatic amines is 1. The number of amides is 1. The van der Waals surface area contributed by atoms with E-state index in [-0.39, 0.29) is 25.7 Å². The van der Waals surface area contributed by atoms with E-state index in [0.717, 1.165) is 28.5 Å². The van der Waals surface area contributed by atoms with Crippen LogP contribution >= 0.6 is 0 Å². The first kappa shape index (κ1) is 29.1. The molecule has 0 radical (unpaired) electrons. The molecule has 1 aliphatic rings. The number of aldehydes is 1. The fourth-order valence-electron chi connectivity index (χ4n) is 4.59. The highest BCUT2D eigenvalue weighted by Crippen LogP contribution is 2.40. The molecule has 0 atom stereocenters. The molecule has 3 aromatic carbocycles. The smallest absolute Gasteiger partial charge is 0.270 e. The maximum Gasteiger partial charge on any atom is 0.270 e. The monoisotopic (exact) mass is 541 g/mol. The van der Waals surface area contributed by atoms with Crippen LogP contribution in [0.5, 0.6) is 5.75 Å². The molecule has 1 fully saturated rings. The second-order valence-corrected chi connectivity index (χ2v) is 10.3. The SMILES string of the molecule is CN(CCN(CC=O)C(=O)c1cc2cc(C3CC3)ccc2[nH]1)Cc1cccc(OCCO)c1.Cc1ccccc1. The van der Waals surface area contributed by atoms with E-state index in [1.54, 1.807) is 4.90 Å². The van der Waals surface area contributed by atoms with Crippen molar-refractivity contribution >= 4 is 23.1 Å². The molecule has 1 saturated carbocycles. The second-order valence-electron chi connectivity index (χ2n) is 10.3. The van der Waals surface area contributed by atoms with Crippen LogP contribution in [0.1, 0.15) is 45.9 Å². The summed E-state index contributed by atoms with van der Waals surface area (Å²) in [7, 11) is 1.98. The van der Waals surface area contributed by atoms with Gasteiger partial charge in [-0.15, -0.1) is 0 Å². The molecule has 40 heavy (non-hydrogen) atoms. The molecule has 7 nitrogen and oxygen atoms in total. The van der Waals surface area contributed by atoms with Crippen molar-refractivity contribution in [3.63, 3.8) is 0 Å². The summed E-state index contributed by atoms with van der Waals surface area (Å²) >= 11 is 0. The Morgan fingerprint density at radius 1 is 1.02 bits per heavy atom. The van der Waals surface area contributed by atoms with Crippen molar-refractivity contribution in [3.8, 4) is 5.75 Å². The van der Waals surface area contributed by atoms with Gasteiger partial charge in [0.2, 0.25) is 0 Å². The van der Waals surface area contributed by atoms with E-state index in [0.29, 0.717) is 31.2 Å². The molecule has 1 aromatic heterocycles. The molecule has 2 N–H and O–H groups in total. The molecule has 1 heterocycles. The summed E-state index contributed by atoms with van der Waals surface area (Å²) in [4.78, 5) is 31.3. The Labute approximate surface area is 236 Å². The molecule has 210 valence electrons. The van der Waals surface area contributed by atoms with E-state index < -0.39 is 0 Å². The fourth-order valence-corrected chi connectivity index (χ4v) is 4.59. The van der Waals surface area contributed by atoms with Gasteiger partial charge < -0.3 is 29.4 Å². The highest BCUT2D eigenvalue weighted by Gasteiger charge is 2.24. The van der Waals surface area contributed by atoms with Crippen molar-refractivity contribution in [1.82, 2.24) is 14.8 Å². The standard InChI is InChI=1S/C26H31N3O4.C7H8/c1-28(18-19-3-2-4-23(15-19)33-14-13-31)9-10-29(11-12-30)26(32)25-17-22-16-21(20-5-6-20)7-8-24(22)27-25;1-7-5-3-2-4-6-7/h2-4,7-8,12,15-17,20,27,31H,5-6,9-11,13-14,18H2,1H3;2-6H,1H3. The Hall–Kier alpha value is -3.94. The number of H-pyrrole nitrogens is 1. The summed E-state index contributed by atoms with van der Waals surface area (Å²) in [5.74, 6) is 1.21. The number of aliphatic hydroxyl groups is 1. The molecule has 1 aliphatic carbocycles. The highest BCUT2D eigenvalue weighted by atomic mass is 16.5. The number of carbonyl (C=O) groups excluding carboxylic acids is 2. The number of hydrogen-bond donors (Lipinski definition) is 2. The molecule has 1 amide bonds. The highest BCUT2D eigenvalue weighted by molar-refractivity contribution is 5.98. The van der Waals surface area contributed by atoms with Crippen molar-refractivity contribution in [1.29, 1.82) is 0 Å². The van der Waals surface area contributed by atoms with Crippen molar-refractivity contribution in [2.24, 2.45) is 0 Å². The number of rotatable bonds is 12. The van der Waals surface area contributed by atoms with E-state index in [9.17, 15) is 9.59 Å². The van der Waals surface area contributed by atoms with Gasteiger partial charge in [-0.1, -0.05) is 54.1 Å². The van der Waals surface area contributed by atoms with Crippen LogP contribution in [0.15, 0.2) is 78.9 Å². The van der Waals surface area contributed by atoms with Crippen LogP contribution in [0.2, 0.25) is 0 Å². The third kappa shape index (κ3) is 8.53. The number of ether oxygens (including phenoxy) is 1. The summed E-state index contributed by atoms with van der Waals surface area (Å²) in [5.41, 5.74) is 5.17. The molecule has 7 heteroatoms. The largest absolute Gasteiger partial charge is 0.491 e. The number of aliphatic hydroxyl groups excluding tert-OH is 1. The third-order valence-corrected chi connectivity index (χ3v) is 6.91. The van der Waals surface area contributed by atoms with Gasteiger partial charge in [0.25, 0.3) is 5.91 Å². The summed E-state index contributed by atoms with van der Waals surface area (Å²) in [6.45, 7) is 4.11. The Morgan fingerprint density at radius 2 is 1.82 bits per heavy atom. The molecule has 0 unspecified atom stereocenters. The Bertz CT molecular complexity index is 1380. The van der Waals surface area contributed by atoms with Gasteiger partial charge in [0.1, 0.15) is 24.3 Å². The van der Waals surface area contributed by atoms with Crippen LogP contribution in [0.25, 0.3) is 10.9 Å². The number of aryl methyl sites for hydroxylation is 1. The fraction of sp³-hybridized carbons (Fsp3) is 0.333.